The zero-order valence-corrected chi connectivity index (χ0v) is 13.2. The van der Waals surface area contributed by atoms with Crippen LogP contribution in [0.3, 0.4) is 0 Å². The zero-order chi connectivity index (χ0) is 13.7. The van der Waals surface area contributed by atoms with Crippen molar-refractivity contribution < 1.29 is 4.74 Å². The summed E-state index contributed by atoms with van der Waals surface area (Å²) in [6.45, 7) is 7.85. The Kier molecular flexibility index (Phi) is 5.70. The Bertz CT molecular complexity index is 258. The number of hydrogen-bond donors (Lipinski definition) is 1. The Hall–Kier alpha value is -0.0800. The van der Waals surface area contributed by atoms with Crippen LogP contribution in [0.4, 0.5) is 0 Å². The van der Waals surface area contributed by atoms with Crippen molar-refractivity contribution in [2.45, 2.75) is 96.8 Å². The lowest BCUT2D eigenvalue weighted by molar-refractivity contribution is -0.166. The van der Waals surface area contributed by atoms with Crippen molar-refractivity contribution in [3.63, 3.8) is 0 Å². The van der Waals surface area contributed by atoms with E-state index >= 15 is 0 Å². The molecule has 3 unspecified atom stereocenters. The summed E-state index contributed by atoms with van der Waals surface area (Å²) in [5, 5.41) is 3.73. The third-order valence-electron chi connectivity index (χ3n) is 5.36. The third kappa shape index (κ3) is 3.33. The van der Waals surface area contributed by atoms with Crippen LogP contribution in [-0.4, -0.2) is 24.8 Å². The van der Waals surface area contributed by atoms with Gasteiger partial charge < -0.3 is 10.1 Å². The van der Waals surface area contributed by atoms with E-state index < -0.39 is 0 Å². The first-order valence-corrected chi connectivity index (χ1v) is 8.61. The lowest BCUT2D eigenvalue weighted by Crippen LogP contribution is -2.64. The monoisotopic (exact) mass is 267 g/mol. The van der Waals surface area contributed by atoms with E-state index in [1.165, 1.54) is 57.8 Å². The molecular weight excluding hydrogens is 234 g/mol. The summed E-state index contributed by atoms with van der Waals surface area (Å²) < 4.78 is 6.41. The number of hydrogen-bond acceptors (Lipinski definition) is 2. The molecule has 1 spiro atoms. The van der Waals surface area contributed by atoms with E-state index in [0.29, 0.717) is 17.6 Å². The molecule has 2 rings (SSSR count). The average Bonchev–Trinajstić information content (AvgIpc) is 2.65. The molecule has 0 amide bonds. The maximum atomic E-state index is 6.41. The van der Waals surface area contributed by atoms with Gasteiger partial charge in [-0.2, -0.15) is 0 Å². The molecular formula is C17H33NO. The zero-order valence-electron chi connectivity index (χ0n) is 13.2. The normalized spacial score (nSPS) is 31.7. The van der Waals surface area contributed by atoms with Crippen LogP contribution in [0.15, 0.2) is 0 Å². The molecule has 0 bridgehead atoms. The first-order valence-electron chi connectivity index (χ1n) is 8.61. The number of nitrogens with one attached hydrogen (secondary N) is 1. The van der Waals surface area contributed by atoms with Crippen LogP contribution in [-0.2, 0) is 4.74 Å². The second-order valence-electron chi connectivity index (χ2n) is 6.72. The topological polar surface area (TPSA) is 21.3 Å². The van der Waals surface area contributed by atoms with Gasteiger partial charge in [0.25, 0.3) is 0 Å². The smallest absolute Gasteiger partial charge is 0.0664 e. The predicted octanol–water partition coefficient (Wildman–Crippen LogP) is 4.28. The third-order valence-corrected chi connectivity index (χ3v) is 5.36. The second kappa shape index (κ2) is 7.08. The van der Waals surface area contributed by atoms with E-state index in [2.05, 4.69) is 26.1 Å². The summed E-state index contributed by atoms with van der Waals surface area (Å²) in [6.07, 6.45) is 13.1. The Morgan fingerprint density at radius 3 is 2.42 bits per heavy atom. The summed E-state index contributed by atoms with van der Waals surface area (Å²) in [5.41, 5.74) is 0.467. The number of ether oxygens (including phenoxy) is 1. The summed E-state index contributed by atoms with van der Waals surface area (Å²) >= 11 is 0. The highest BCUT2D eigenvalue weighted by Crippen LogP contribution is 2.52. The van der Waals surface area contributed by atoms with Crippen LogP contribution >= 0.6 is 0 Å². The minimum Gasteiger partial charge on any atom is -0.375 e. The number of rotatable bonds is 6. The van der Waals surface area contributed by atoms with E-state index in [1.54, 1.807) is 0 Å². The molecule has 2 aliphatic rings. The van der Waals surface area contributed by atoms with Crippen molar-refractivity contribution in [3.05, 3.63) is 0 Å². The van der Waals surface area contributed by atoms with Gasteiger partial charge in [-0.05, 0) is 39.2 Å². The molecule has 0 radical (unpaired) electrons. The average molecular weight is 267 g/mol. The van der Waals surface area contributed by atoms with Crippen molar-refractivity contribution in [2.24, 2.45) is 5.41 Å². The van der Waals surface area contributed by atoms with E-state index in [-0.39, 0.29) is 0 Å². The van der Waals surface area contributed by atoms with Crippen molar-refractivity contribution in [2.75, 3.05) is 6.54 Å². The van der Waals surface area contributed by atoms with Gasteiger partial charge in [-0.1, -0.05) is 46.0 Å². The highest BCUT2D eigenvalue weighted by atomic mass is 16.5. The van der Waals surface area contributed by atoms with E-state index in [0.717, 1.165) is 12.6 Å². The van der Waals surface area contributed by atoms with E-state index in [1.807, 2.05) is 0 Å². The van der Waals surface area contributed by atoms with Crippen LogP contribution in [0.5, 0.6) is 0 Å². The summed E-state index contributed by atoms with van der Waals surface area (Å²) in [5.74, 6) is 0. The first kappa shape index (κ1) is 15.3. The maximum absolute atomic E-state index is 6.41. The highest BCUT2D eigenvalue weighted by molar-refractivity contribution is 5.08. The molecule has 19 heavy (non-hydrogen) atoms. The Morgan fingerprint density at radius 1 is 1.16 bits per heavy atom. The van der Waals surface area contributed by atoms with Gasteiger partial charge in [0, 0.05) is 11.5 Å². The molecule has 2 saturated carbocycles. The Labute approximate surface area is 119 Å². The van der Waals surface area contributed by atoms with Crippen molar-refractivity contribution in [3.8, 4) is 0 Å². The molecule has 1 N–H and O–H groups in total. The molecule has 0 aromatic carbocycles. The van der Waals surface area contributed by atoms with Crippen LogP contribution in [0.2, 0.25) is 0 Å². The molecule has 2 fully saturated rings. The SMILES string of the molecule is CCCC(C)OC1CC(NCC)C12CCCCCC2. The fourth-order valence-electron chi connectivity index (χ4n) is 4.28. The van der Waals surface area contributed by atoms with E-state index in [4.69, 9.17) is 4.74 Å². The molecule has 0 aromatic rings. The van der Waals surface area contributed by atoms with Crippen molar-refractivity contribution >= 4 is 0 Å². The standard InChI is InChI=1S/C17H33NO/c1-4-10-14(3)19-16-13-15(18-5-2)17(16)11-8-6-7-9-12-17/h14-16,18H,4-13H2,1-3H3. The molecule has 0 aliphatic heterocycles. The molecule has 2 nitrogen and oxygen atoms in total. The van der Waals surface area contributed by atoms with Gasteiger partial charge in [0.2, 0.25) is 0 Å². The van der Waals surface area contributed by atoms with Crippen molar-refractivity contribution in [1.29, 1.82) is 0 Å². The predicted molar refractivity (Wildman–Crippen MR) is 81.5 cm³/mol. The van der Waals surface area contributed by atoms with E-state index in [9.17, 15) is 0 Å². The van der Waals surface area contributed by atoms with Gasteiger partial charge in [-0.3, -0.25) is 0 Å². The largest absolute Gasteiger partial charge is 0.375 e. The lowest BCUT2D eigenvalue weighted by atomic mass is 9.57. The van der Waals surface area contributed by atoms with Crippen LogP contribution in [0.1, 0.15) is 78.6 Å². The molecule has 3 atom stereocenters. The van der Waals surface area contributed by atoms with Crippen LogP contribution in [0, 0.1) is 5.41 Å². The maximum Gasteiger partial charge on any atom is 0.0664 e. The minimum absolute atomic E-state index is 0.442. The summed E-state index contributed by atoms with van der Waals surface area (Å²) in [7, 11) is 0. The summed E-state index contributed by atoms with van der Waals surface area (Å²) in [4.78, 5) is 0. The second-order valence-corrected chi connectivity index (χ2v) is 6.72. The van der Waals surface area contributed by atoms with Gasteiger partial charge in [0.05, 0.1) is 12.2 Å². The fourth-order valence-corrected chi connectivity index (χ4v) is 4.28. The Balaban J connectivity index is 1.98. The lowest BCUT2D eigenvalue weighted by Gasteiger charge is -2.57. The van der Waals surface area contributed by atoms with Gasteiger partial charge in [-0.15, -0.1) is 0 Å². The van der Waals surface area contributed by atoms with Gasteiger partial charge in [0.1, 0.15) is 0 Å². The van der Waals surface area contributed by atoms with Gasteiger partial charge in [0.15, 0.2) is 0 Å². The molecule has 0 aromatic heterocycles. The molecule has 2 heteroatoms. The quantitative estimate of drug-likeness (QED) is 0.775. The Morgan fingerprint density at radius 2 is 1.84 bits per heavy atom. The molecule has 0 saturated heterocycles. The van der Waals surface area contributed by atoms with Crippen LogP contribution in [0.25, 0.3) is 0 Å². The molecule has 2 aliphatic carbocycles. The minimum atomic E-state index is 0.442. The first-order chi connectivity index (χ1) is 9.23. The molecule has 112 valence electrons. The van der Waals surface area contributed by atoms with Gasteiger partial charge in [-0.25, -0.2) is 0 Å². The summed E-state index contributed by atoms with van der Waals surface area (Å²) in [6, 6.07) is 0.717. The van der Waals surface area contributed by atoms with Crippen molar-refractivity contribution in [1.82, 2.24) is 5.32 Å². The highest BCUT2D eigenvalue weighted by Gasteiger charge is 2.54. The van der Waals surface area contributed by atoms with Gasteiger partial charge >= 0.3 is 0 Å². The van der Waals surface area contributed by atoms with Crippen LogP contribution < -0.4 is 5.32 Å². The molecule has 0 heterocycles. The fraction of sp³-hybridized carbons (Fsp3) is 1.00.